The van der Waals surface area contributed by atoms with Gasteiger partial charge in [-0.1, -0.05) is 0 Å². The summed E-state index contributed by atoms with van der Waals surface area (Å²) < 4.78 is 4.90. The summed E-state index contributed by atoms with van der Waals surface area (Å²) in [5, 5.41) is -0.255. The van der Waals surface area contributed by atoms with E-state index >= 15 is 0 Å². The maximum atomic E-state index is 11.4. The normalized spacial score (nSPS) is 12.1. The van der Waals surface area contributed by atoms with E-state index in [1.165, 1.54) is 11.8 Å². The van der Waals surface area contributed by atoms with Crippen LogP contribution in [0.2, 0.25) is 0 Å². The fourth-order valence-electron chi connectivity index (χ4n) is 0.999. The molecule has 4 nitrogen and oxygen atoms in total. The SMILES string of the molecule is CCOC(=O)C(C)Sc1ccncc1N. The van der Waals surface area contributed by atoms with Crippen molar-refractivity contribution in [2.45, 2.75) is 24.0 Å². The van der Waals surface area contributed by atoms with Gasteiger partial charge in [-0.3, -0.25) is 9.78 Å². The predicted molar refractivity (Wildman–Crippen MR) is 60.6 cm³/mol. The van der Waals surface area contributed by atoms with Crippen LogP contribution in [-0.2, 0) is 9.53 Å². The molecule has 0 aromatic carbocycles. The largest absolute Gasteiger partial charge is 0.465 e. The summed E-state index contributed by atoms with van der Waals surface area (Å²) in [5.74, 6) is -0.223. The molecule has 1 unspecified atom stereocenters. The van der Waals surface area contributed by atoms with Gasteiger partial charge in [0, 0.05) is 11.1 Å². The van der Waals surface area contributed by atoms with E-state index in [4.69, 9.17) is 10.5 Å². The maximum absolute atomic E-state index is 11.4. The Labute approximate surface area is 93.2 Å². The van der Waals surface area contributed by atoms with Gasteiger partial charge < -0.3 is 10.5 Å². The third-order valence-electron chi connectivity index (χ3n) is 1.73. The minimum absolute atomic E-state index is 0.223. The molecule has 82 valence electrons. The van der Waals surface area contributed by atoms with E-state index < -0.39 is 0 Å². The minimum Gasteiger partial charge on any atom is -0.465 e. The third-order valence-corrected chi connectivity index (χ3v) is 2.90. The molecule has 0 aliphatic rings. The quantitative estimate of drug-likeness (QED) is 0.625. The third kappa shape index (κ3) is 3.43. The molecule has 0 saturated heterocycles. The molecule has 0 bridgehead atoms. The van der Waals surface area contributed by atoms with E-state index in [0.717, 1.165) is 4.90 Å². The van der Waals surface area contributed by atoms with Gasteiger partial charge in [0.2, 0.25) is 0 Å². The molecule has 1 heterocycles. The van der Waals surface area contributed by atoms with Crippen LogP contribution in [0.4, 0.5) is 5.69 Å². The van der Waals surface area contributed by atoms with Crippen LogP contribution in [0.25, 0.3) is 0 Å². The van der Waals surface area contributed by atoms with Gasteiger partial charge in [-0.25, -0.2) is 0 Å². The van der Waals surface area contributed by atoms with Crippen molar-refractivity contribution in [1.29, 1.82) is 0 Å². The number of pyridine rings is 1. The second-order valence-electron chi connectivity index (χ2n) is 2.93. The zero-order chi connectivity index (χ0) is 11.3. The Kier molecular flexibility index (Phi) is 4.42. The predicted octanol–water partition coefficient (Wildman–Crippen LogP) is 1.71. The molecule has 0 radical (unpaired) electrons. The number of rotatable bonds is 4. The van der Waals surface area contributed by atoms with Crippen LogP contribution in [0.3, 0.4) is 0 Å². The highest BCUT2D eigenvalue weighted by atomic mass is 32.2. The van der Waals surface area contributed by atoms with Crippen LogP contribution < -0.4 is 5.73 Å². The fourth-order valence-corrected chi connectivity index (χ4v) is 1.87. The van der Waals surface area contributed by atoms with E-state index in [9.17, 15) is 4.79 Å². The topological polar surface area (TPSA) is 65.2 Å². The Hall–Kier alpha value is -1.23. The lowest BCUT2D eigenvalue weighted by Crippen LogP contribution is -2.16. The number of carbonyl (C=O) groups is 1. The molecule has 0 aliphatic heterocycles. The van der Waals surface area contributed by atoms with E-state index in [-0.39, 0.29) is 11.2 Å². The number of nitrogens with zero attached hydrogens (tertiary/aromatic N) is 1. The highest BCUT2D eigenvalue weighted by Gasteiger charge is 2.16. The van der Waals surface area contributed by atoms with Crippen molar-refractivity contribution in [3.63, 3.8) is 0 Å². The van der Waals surface area contributed by atoms with Crippen molar-refractivity contribution in [3.8, 4) is 0 Å². The summed E-state index contributed by atoms with van der Waals surface area (Å²) in [6, 6.07) is 1.79. The van der Waals surface area contributed by atoms with Crippen LogP contribution >= 0.6 is 11.8 Å². The van der Waals surface area contributed by atoms with E-state index in [0.29, 0.717) is 12.3 Å². The van der Waals surface area contributed by atoms with Crippen LogP contribution in [-0.4, -0.2) is 22.8 Å². The van der Waals surface area contributed by atoms with Crippen LogP contribution in [0.15, 0.2) is 23.4 Å². The number of thioether (sulfide) groups is 1. The van der Waals surface area contributed by atoms with Gasteiger partial charge in [0.1, 0.15) is 5.25 Å². The molecule has 1 atom stereocenters. The summed E-state index contributed by atoms with van der Waals surface area (Å²) in [7, 11) is 0. The molecule has 0 aliphatic carbocycles. The first kappa shape index (κ1) is 11.8. The van der Waals surface area contributed by atoms with Crippen molar-refractivity contribution >= 4 is 23.4 Å². The Morgan fingerprint density at radius 3 is 3.07 bits per heavy atom. The smallest absolute Gasteiger partial charge is 0.319 e. The number of nitrogen functional groups attached to an aromatic ring is 1. The molecule has 2 N–H and O–H groups in total. The first-order chi connectivity index (χ1) is 7.15. The summed E-state index contributed by atoms with van der Waals surface area (Å²) in [6.07, 6.45) is 3.22. The summed E-state index contributed by atoms with van der Waals surface area (Å²) in [4.78, 5) is 16.1. The van der Waals surface area contributed by atoms with Crippen molar-refractivity contribution in [2.75, 3.05) is 12.3 Å². The summed E-state index contributed by atoms with van der Waals surface area (Å²) in [5.41, 5.74) is 6.29. The molecule has 1 rings (SSSR count). The number of carbonyl (C=O) groups excluding carboxylic acids is 1. The van der Waals surface area contributed by atoms with Crippen molar-refractivity contribution in [2.24, 2.45) is 0 Å². The zero-order valence-corrected chi connectivity index (χ0v) is 9.58. The molecule has 0 saturated carbocycles. The zero-order valence-electron chi connectivity index (χ0n) is 8.77. The molecular weight excluding hydrogens is 212 g/mol. The second kappa shape index (κ2) is 5.60. The molecule has 0 amide bonds. The average Bonchev–Trinajstić information content (AvgIpc) is 2.21. The maximum Gasteiger partial charge on any atom is 0.319 e. The molecule has 5 heteroatoms. The van der Waals surface area contributed by atoms with Crippen LogP contribution in [0, 0.1) is 0 Å². The van der Waals surface area contributed by atoms with Crippen molar-refractivity contribution < 1.29 is 9.53 Å². The molecule has 15 heavy (non-hydrogen) atoms. The Morgan fingerprint density at radius 1 is 1.73 bits per heavy atom. The number of nitrogens with two attached hydrogens (primary N) is 1. The minimum atomic E-state index is -0.255. The van der Waals surface area contributed by atoms with Gasteiger partial charge in [0.05, 0.1) is 18.5 Å². The monoisotopic (exact) mass is 226 g/mol. The molecule has 0 fully saturated rings. The average molecular weight is 226 g/mol. The lowest BCUT2D eigenvalue weighted by atomic mass is 10.4. The number of aromatic nitrogens is 1. The summed E-state index contributed by atoms with van der Waals surface area (Å²) >= 11 is 1.38. The van der Waals surface area contributed by atoms with Gasteiger partial charge >= 0.3 is 5.97 Å². The molecular formula is C10H14N2O2S. The van der Waals surface area contributed by atoms with Gasteiger partial charge in [-0.2, -0.15) is 0 Å². The number of anilines is 1. The van der Waals surface area contributed by atoms with E-state index in [2.05, 4.69) is 4.98 Å². The lowest BCUT2D eigenvalue weighted by Gasteiger charge is -2.10. The highest BCUT2D eigenvalue weighted by Crippen LogP contribution is 2.28. The molecule has 1 aromatic rings. The Morgan fingerprint density at radius 2 is 2.47 bits per heavy atom. The number of hydrogen-bond acceptors (Lipinski definition) is 5. The van der Waals surface area contributed by atoms with Gasteiger partial charge in [-0.15, -0.1) is 11.8 Å². The van der Waals surface area contributed by atoms with Crippen LogP contribution in [0.5, 0.6) is 0 Å². The van der Waals surface area contributed by atoms with Gasteiger partial charge in [0.15, 0.2) is 0 Å². The first-order valence-corrected chi connectivity index (χ1v) is 5.56. The highest BCUT2D eigenvalue weighted by molar-refractivity contribution is 8.00. The number of esters is 1. The number of hydrogen-bond donors (Lipinski definition) is 1. The fraction of sp³-hybridized carbons (Fsp3) is 0.400. The second-order valence-corrected chi connectivity index (χ2v) is 4.31. The first-order valence-electron chi connectivity index (χ1n) is 4.68. The van der Waals surface area contributed by atoms with Crippen molar-refractivity contribution in [3.05, 3.63) is 18.5 Å². The van der Waals surface area contributed by atoms with E-state index in [1.54, 1.807) is 32.3 Å². The molecule has 1 aromatic heterocycles. The van der Waals surface area contributed by atoms with Crippen molar-refractivity contribution in [1.82, 2.24) is 4.98 Å². The van der Waals surface area contributed by atoms with Crippen LogP contribution in [0.1, 0.15) is 13.8 Å². The Bertz CT molecular complexity index is 344. The van der Waals surface area contributed by atoms with Gasteiger partial charge in [-0.05, 0) is 19.9 Å². The van der Waals surface area contributed by atoms with E-state index in [1.807, 2.05) is 0 Å². The number of ether oxygens (including phenoxy) is 1. The summed E-state index contributed by atoms with van der Waals surface area (Å²) in [6.45, 7) is 3.98. The lowest BCUT2D eigenvalue weighted by molar-refractivity contribution is -0.142. The molecule has 0 spiro atoms. The Balaban J connectivity index is 2.62. The van der Waals surface area contributed by atoms with Gasteiger partial charge in [0.25, 0.3) is 0 Å². The standard InChI is InChI=1S/C10H14N2O2S/c1-3-14-10(13)7(2)15-9-4-5-12-6-8(9)11/h4-7H,3,11H2,1-2H3.